The van der Waals surface area contributed by atoms with Crippen LogP contribution in [0.4, 0.5) is 0 Å². The molecule has 0 bridgehead atoms. The van der Waals surface area contributed by atoms with Gasteiger partial charge in [0.25, 0.3) is 0 Å². The topological polar surface area (TPSA) is 0 Å². The molecule has 0 fully saturated rings. The second kappa shape index (κ2) is 6.71. The van der Waals surface area contributed by atoms with Gasteiger partial charge in [0.1, 0.15) is 0 Å². The number of rotatable bonds is 3. The lowest BCUT2D eigenvalue weighted by Gasteiger charge is -1.93. The minimum atomic E-state index is -0.0127. The number of halogens is 1. The first-order valence-electron chi connectivity index (χ1n) is 3.58. The molecule has 0 radical (unpaired) electrons. The second-order valence-electron chi connectivity index (χ2n) is 2.31. The smallest absolute Gasteiger partial charge is 0.213 e. The van der Waals surface area contributed by atoms with Gasteiger partial charge in [0, 0.05) is 0 Å². The zero-order valence-electron chi connectivity index (χ0n) is 6.49. The fourth-order valence-corrected chi connectivity index (χ4v) is 1.78. The monoisotopic (exact) mass is 178 g/mol. The summed E-state index contributed by atoms with van der Waals surface area (Å²) in [5.74, 6) is 0. The van der Waals surface area contributed by atoms with E-state index in [1.807, 2.05) is 0 Å². The van der Waals surface area contributed by atoms with E-state index in [-0.39, 0.29) is 32.8 Å². The first-order valence-corrected chi connectivity index (χ1v) is 5.40. The highest BCUT2D eigenvalue weighted by Crippen LogP contribution is 1.97. The lowest BCUT2D eigenvalue weighted by Crippen LogP contribution is -1.91. The summed E-state index contributed by atoms with van der Waals surface area (Å²) in [5.41, 5.74) is 1.45. The molecule has 2 heteroatoms. The van der Waals surface area contributed by atoms with Gasteiger partial charge in [-0.2, -0.15) is 0 Å². The molecule has 1 rings (SSSR count). The molecule has 1 aromatic rings. The van der Waals surface area contributed by atoms with Crippen molar-refractivity contribution < 1.29 is 0 Å². The van der Waals surface area contributed by atoms with E-state index in [9.17, 15) is 0 Å². The Labute approximate surface area is 83.8 Å². The Balaban J connectivity index is 0.000001000. The molecule has 0 unspecified atom stereocenters. The lowest BCUT2D eigenvalue weighted by molar-refractivity contribution is 1.39. The molecule has 1 aromatic carbocycles. The molecule has 0 saturated carbocycles. The van der Waals surface area contributed by atoms with Crippen LogP contribution in [0.5, 0.6) is 0 Å². The van der Waals surface area contributed by atoms with E-state index in [0.717, 1.165) is 0 Å². The van der Waals surface area contributed by atoms with Crippen molar-refractivity contribution in [3.05, 3.63) is 46.7 Å². The van der Waals surface area contributed by atoms with E-state index in [2.05, 4.69) is 41.1 Å². The summed E-state index contributed by atoms with van der Waals surface area (Å²) < 4.78 is 3.34. The zero-order chi connectivity index (χ0) is 7.23. The molecule has 0 heterocycles. The first kappa shape index (κ1) is 11.0. The van der Waals surface area contributed by atoms with Crippen LogP contribution >= 0.6 is 12.4 Å². The van der Waals surface area contributed by atoms with E-state index in [0.29, 0.717) is 0 Å². The normalized spacial score (nSPS) is 7.64. The Morgan fingerprint density at radius 2 is 1.91 bits per heavy atom. The van der Waals surface area contributed by atoms with Crippen LogP contribution < -0.4 is 0 Å². The fraction of sp³-hybridized carbons (Fsp3) is 0.111. The molecular formula is C9H11ClMg. The van der Waals surface area contributed by atoms with Crippen molar-refractivity contribution >= 4 is 32.8 Å². The van der Waals surface area contributed by atoms with Gasteiger partial charge in [-0.25, -0.2) is 4.21 Å². The Kier molecular flexibility index (Phi) is 6.72. The van der Waals surface area contributed by atoms with Gasteiger partial charge in [-0.3, -0.25) is 0 Å². The van der Waals surface area contributed by atoms with E-state index in [1.54, 1.807) is 0 Å². The van der Waals surface area contributed by atoms with Crippen molar-refractivity contribution in [2.75, 3.05) is 0 Å². The van der Waals surface area contributed by atoms with E-state index < -0.39 is 0 Å². The summed E-state index contributed by atoms with van der Waals surface area (Å²) in [4.78, 5) is 0. The molecular weight excluding hydrogens is 168 g/mol. The molecule has 11 heavy (non-hydrogen) atoms. The van der Waals surface area contributed by atoms with Gasteiger partial charge in [-0.1, -0.05) is 35.9 Å². The largest absolute Gasteiger partial charge is 0.401 e. The second-order valence-corrected chi connectivity index (χ2v) is 3.97. The maximum absolute atomic E-state index is 3.74. The average molecular weight is 179 g/mol. The summed E-state index contributed by atoms with van der Waals surface area (Å²) in [6.45, 7) is 3.74. The van der Waals surface area contributed by atoms with Crippen molar-refractivity contribution in [3.8, 4) is 0 Å². The minimum Gasteiger partial charge on any atom is -0.213 e. The van der Waals surface area contributed by atoms with Gasteiger partial charge in [0.15, 0.2) is 0 Å². The maximum atomic E-state index is 3.74. The Morgan fingerprint density at radius 3 is 2.45 bits per heavy atom. The Morgan fingerprint density at radius 1 is 1.27 bits per heavy atom. The zero-order valence-corrected chi connectivity index (χ0v) is 8.72. The first-order chi connectivity index (χ1) is 4.93. The number of hydrogen-bond acceptors (Lipinski definition) is 0. The van der Waals surface area contributed by atoms with Gasteiger partial charge in [-0.15, -0.1) is 23.5 Å². The molecule has 0 atom stereocenters. The Bertz CT molecular complexity index is 196. The highest BCUT2D eigenvalue weighted by atomic mass is 35.5. The van der Waals surface area contributed by atoms with Crippen LogP contribution in [0.2, 0.25) is 0 Å². The molecule has 0 aliphatic rings. The van der Waals surface area contributed by atoms with Gasteiger partial charge in [0.2, 0.25) is 0 Å². The highest BCUT2D eigenvalue weighted by Gasteiger charge is 1.90. The highest BCUT2D eigenvalue weighted by molar-refractivity contribution is 6.41. The molecule has 0 nitrogen and oxygen atoms in total. The van der Waals surface area contributed by atoms with Crippen LogP contribution in [0.3, 0.4) is 0 Å². The van der Waals surface area contributed by atoms with Gasteiger partial charge in [-0.05, 0) is 0 Å². The third-order valence-electron chi connectivity index (χ3n) is 1.48. The lowest BCUT2D eigenvalue weighted by atomic mass is 10.2. The summed E-state index contributed by atoms with van der Waals surface area (Å²) in [6, 6.07) is 10.6. The Hall–Kier alpha value is 0.0162. The summed E-state index contributed by atoms with van der Waals surface area (Å²) in [6.07, 6.45) is 0. The van der Waals surface area contributed by atoms with E-state index in [1.165, 1.54) is 10.1 Å². The van der Waals surface area contributed by atoms with Crippen molar-refractivity contribution in [1.29, 1.82) is 0 Å². The molecule has 0 amide bonds. The molecule has 56 valence electrons. The quantitative estimate of drug-likeness (QED) is 0.625. The predicted octanol–water partition coefficient (Wildman–Crippen LogP) is 2.46. The molecule has 0 aliphatic carbocycles. The molecule has 0 aromatic heterocycles. The number of hydrogen-bond donors (Lipinski definition) is 0. The van der Waals surface area contributed by atoms with Crippen LogP contribution in [0.25, 0.3) is 0 Å². The van der Waals surface area contributed by atoms with Crippen molar-refractivity contribution in [3.63, 3.8) is 0 Å². The molecule has 0 aliphatic heterocycles. The average Bonchev–Trinajstić information content (AvgIpc) is 2.03. The third kappa shape index (κ3) is 4.46. The summed E-state index contributed by atoms with van der Waals surface area (Å²) in [5, 5.41) is 0. The van der Waals surface area contributed by atoms with Crippen molar-refractivity contribution in [1.82, 2.24) is 0 Å². The molecule has 0 N–H and O–H groups in total. The van der Waals surface area contributed by atoms with Crippen LogP contribution in [0.15, 0.2) is 41.1 Å². The van der Waals surface area contributed by atoms with Crippen LogP contribution in [0.1, 0.15) is 5.56 Å². The standard InChI is InChI=1S/C7H7.C2H3.ClH.Mg/c1-7-5-3-2-4-6-7;1-2;;/h2-6H,1H2;1H,2H2;1H;. The maximum Gasteiger partial charge on any atom is 0.401 e. The van der Waals surface area contributed by atoms with Crippen molar-refractivity contribution in [2.24, 2.45) is 0 Å². The van der Waals surface area contributed by atoms with Gasteiger partial charge >= 0.3 is 20.4 Å². The molecule has 0 spiro atoms. The summed E-state index contributed by atoms with van der Waals surface area (Å²) in [7, 11) is 0. The van der Waals surface area contributed by atoms with Crippen LogP contribution in [-0.2, 0) is 4.55 Å². The third-order valence-corrected chi connectivity index (χ3v) is 2.75. The van der Waals surface area contributed by atoms with Gasteiger partial charge in [0.05, 0.1) is 0 Å². The van der Waals surface area contributed by atoms with Crippen molar-refractivity contribution in [2.45, 2.75) is 4.55 Å². The van der Waals surface area contributed by atoms with Gasteiger partial charge < -0.3 is 0 Å². The SMILES string of the molecule is C=[CH][Mg][CH2]c1ccccc1.Cl. The molecule has 0 saturated heterocycles. The predicted molar refractivity (Wildman–Crippen MR) is 53.3 cm³/mol. The van der Waals surface area contributed by atoms with E-state index in [4.69, 9.17) is 0 Å². The minimum absolute atomic E-state index is 0. The summed E-state index contributed by atoms with van der Waals surface area (Å²) >= 11 is -0.0127. The fourth-order valence-electron chi connectivity index (χ4n) is 0.913. The van der Waals surface area contributed by atoms with E-state index >= 15 is 0 Å². The van der Waals surface area contributed by atoms with Crippen LogP contribution in [-0.4, -0.2) is 20.4 Å². The number of benzene rings is 1. The van der Waals surface area contributed by atoms with Crippen LogP contribution in [0, 0.1) is 0 Å².